The van der Waals surface area contributed by atoms with Gasteiger partial charge in [0, 0.05) is 12.5 Å². The number of nitrogens with two attached hydrogens (primary N) is 1. The molecule has 1 aliphatic heterocycles. The highest BCUT2D eigenvalue weighted by Gasteiger charge is 2.24. The van der Waals surface area contributed by atoms with Crippen LogP contribution in [-0.4, -0.2) is 28.2 Å². The Morgan fingerprint density at radius 3 is 2.35 bits per heavy atom. The Hall–Kier alpha value is -1.88. The van der Waals surface area contributed by atoms with Gasteiger partial charge in [-0.3, -0.25) is 4.90 Å². The fraction of sp³-hybridized carbons (Fsp3) is 0.556. The topological polar surface area (TPSA) is 68.2 Å². The van der Waals surface area contributed by atoms with Crippen molar-refractivity contribution in [2.45, 2.75) is 45.6 Å². The highest BCUT2D eigenvalue weighted by molar-refractivity contribution is 5.23. The number of piperidine rings is 1. The molecule has 1 saturated heterocycles. The van der Waals surface area contributed by atoms with Gasteiger partial charge < -0.3 is 10.2 Å². The number of nitrogen functional groups attached to an aromatic ring is 1. The van der Waals surface area contributed by atoms with Crippen LogP contribution in [0.15, 0.2) is 28.7 Å². The number of likely N-dealkylation sites (tertiary alicyclic amines) is 1. The van der Waals surface area contributed by atoms with Gasteiger partial charge in [-0.15, -0.1) is 5.10 Å². The summed E-state index contributed by atoms with van der Waals surface area (Å²) < 4.78 is 5.36. The van der Waals surface area contributed by atoms with Crippen LogP contribution in [0.1, 0.15) is 49.6 Å². The van der Waals surface area contributed by atoms with E-state index in [1.807, 2.05) is 0 Å². The Morgan fingerprint density at radius 2 is 1.78 bits per heavy atom. The lowest BCUT2D eigenvalue weighted by Crippen LogP contribution is -2.32. The van der Waals surface area contributed by atoms with E-state index < -0.39 is 0 Å². The van der Waals surface area contributed by atoms with Gasteiger partial charge in [0.15, 0.2) is 0 Å². The van der Waals surface area contributed by atoms with Gasteiger partial charge in [-0.1, -0.05) is 43.2 Å². The summed E-state index contributed by atoms with van der Waals surface area (Å²) >= 11 is 0. The SMILES string of the molecule is CC(C)Cc1ccc(CN2CCC(c3nnc(N)o3)CC2)cc1. The predicted molar refractivity (Wildman–Crippen MR) is 90.9 cm³/mol. The van der Waals surface area contributed by atoms with Crippen molar-refractivity contribution in [3.05, 3.63) is 41.3 Å². The molecule has 3 rings (SSSR count). The highest BCUT2D eigenvalue weighted by Crippen LogP contribution is 2.28. The number of hydrogen-bond acceptors (Lipinski definition) is 5. The quantitative estimate of drug-likeness (QED) is 0.917. The molecule has 124 valence electrons. The zero-order chi connectivity index (χ0) is 16.2. The molecule has 0 atom stereocenters. The molecule has 0 aliphatic carbocycles. The summed E-state index contributed by atoms with van der Waals surface area (Å²) in [5.41, 5.74) is 8.32. The van der Waals surface area contributed by atoms with Crippen molar-refractivity contribution in [1.29, 1.82) is 0 Å². The first kappa shape index (κ1) is 16.0. The number of nitrogens with zero attached hydrogens (tertiary/aromatic N) is 3. The van der Waals surface area contributed by atoms with E-state index in [2.05, 4.69) is 53.2 Å². The summed E-state index contributed by atoms with van der Waals surface area (Å²) in [7, 11) is 0. The summed E-state index contributed by atoms with van der Waals surface area (Å²) in [6, 6.07) is 9.24. The molecule has 23 heavy (non-hydrogen) atoms. The molecular formula is C18H26N4O. The van der Waals surface area contributed by atoms with Crippen molar-refractivity contribution < 1.29 is 4.42 Å². The maximum atomic E-state index is 5.51. The average Bonchev–Trinajstić information content (AvgIpc) is 2.96. The Kier molecular flexibility index (Phi) is 4.96. The van der Waals surface area contributed by atoms with E-state index in [1.165, 1.54) is 11.1 Å². The molecule has 0 saturated carbocycles. The maximum Gasteiger partial charge on any atom is 0.312 e. The lowest BCUT2D eigenvalue weighted by Gasteiger charge is -2.30. The first-order chi connectivity index (χ1) is 11.1. The van der Waals surface area contributed by atoms with Crippen LogP contribution in [0.2, 0.25) is 0 Å². The van der Waals surface area contributed by atoms with Crippen LogP contribution in [0.4, 0.5) is 6.01 Å². The van der Waals surface area contributed by atoms with Gasteiger partial charge >= 0.3 is 6.01 Å². The molecule has 0 bridgehead atoms. The Morgan fingerprint density at radius 1 is 1.13 bits per heavy atom. The molecule has 2 N–H and O–H groups in total. The smallest absolute Gasteiger partial charge is 0.312 e. The standard InChI is InChI=1S/C18H26N4O/c1-13(2)11-14-3-5-15(6-4-14)12-22-9-7-16(8-10-22)17-20-21-18(19)23-17/h3-6,13,16H,7-12H2,1-2H3,(H2,19,21). The van der Waals surface area contributed by atoms with Crippen molar-refractivity contribution >= 4 is 6.01 Å². The Bertz CT molecular complexity index is 612. The van der Waals surface area contributed by atoms with Gasteiger partial charge in [0.2, 0.25) is 5.89 Å². The number of anilines is 1. The van der Waals surface area contributed by atoms with Gasteiger partial charge in [-0.05, 0) is 49.4 Å². The van der Waals surface area contributed by atoms with Crippen molar-refractivity contribution in [1.82, 2.24) is 15.1 Å². The molecule has 0 radical (unpaired) electrons. The normalized spacial score (nSPS) is 17.0. The lowest BCUT2D eigenvalue weighted by molar-refractivity contribution is 0.193. The van der Waals surface area contributed by atoms with Crippen molar-refractivity contribution in [3.8, 4) is 0 Å². The molecular weight excluding hydrogens is 288 g/mol. The summed E-state index contributed by atoms with van der Waals surface area (Å²) in [5.74, 6) is 1.75. The van der Waals surface area contributed by atoms with Crippen LogP contribution in [0.25, 0.3) is 0 Å². The molecule has 0 unspecified atom stereocenters. The number of rotatable bonds is 5. The average molecular weight is 314 g/mol. The minimum absolute atomic E-state index is 0.170. The molecule has 2 heterocycles. The molecule has 1 aromatic carbocycles. The minimum atomic E-state index is 0.170. The first-order valence-electron chi connectivity index (χ1n) is 8.49. The molecule has 5 nitrogen and oxygen atoms in total. The largest absolute Gasteiger partial charge is 0.408 e. The van der Waals surface area contributed by atoms with E-state index >= 15 is 0 Å². The van der Waals surface area contributed by atoms with E-state index in [0.717, 1.165) is 38.9 Å². The Labute approximate surface area is 137 Å². The second-order valence-corrected chi connectivity index (χ2v) is 6.94. The van der Waals surface area contributed by atoms with Crippen LogP contribution in [0.3, 0.4) is 0 Å². The van der Waals surface area contributed by atoms with Crippen molar-refractivity contribution in [2.24, 2.45) is 5.92 Å². The minimum Gasteiger partial charge on any atom is -0.408 e. The van der Waals surface area contributed by atoms with Gasteiger partial charge in [-0.25, -0.2) is 0 Å². The number of aromatic nitrogens is 2. The molecule has 2 aromatic rings. The summed E-state index contributed by atoms with van der Waals surface area (Å²) in [4.78, 5) is 2.49. The van der Waals surface area contributed by atoms with E-state index in [4.69, 9.17) is 10.2 Å². The highest BCUT2D eigenvalue weighted by atomic mass is 16.4. The fourth-order valence-electron chi connectivity index (χ4n) is 3.26. The third-order valence-corrected chi connectivity index (χ3v) is 4.47. The van der Waals surface area contributed by atoms with E-state index in [1.54, 1.807) is 0 Å². The summed E-state index contributed by atoms with van der Waals surface area (Å²) in [6.07, 6.45) is 3.25. The zero-order valence-electron chi connectivity index (χ0n) is 14.0. The number of benzene rings is 1. The monoisotopic (exact) mass is 314 g/mol. The third-order valence-electron chi connectivity index (χ3n) is 4.47. The van der Waals surface area contributed by atoms with Crippen LogP contribution >= 0.6 is 0 Å². The Balaban J connectivity index is 1.50. The predicted octanol–water partition coefficient (Wildman–Crippen LogP) is 3.23. The molecule has 5 heteroatoms. The van der Waals surface area contributed by atoms with Crippen LogP contribution in [0, 0.1) is 5.92 Å². The van der Waals surface area contributed by atoms with Crippen molar-refractivity contribution in [2.75, 3.05) is 18.8 Å². The number of hydrogen-bond donors (Lipinski definition) is 1. The summed E-state index contributed by atoms with van der Waals surface area (Å²) in [5, 5.41) is 7.78. The van der Waals surface area contributed by atoms with Gasteiger partial charge in [0.1, 0.15) is 0 Å². The maximum absolute atomic E-state index is 5.51. The van der Waals surface area contributed by atoms with Crippen LogP contribution in [0.5, 0.6) is 0 Å². The third kappa shape index (κ3) is 4.32. The van der Waals surface area contributed by atoms with Crippen LogP contribution < -0.4 is 5.73 Å². The molecule has 1 aromatic heterocycles. The molecule has 1 aliphatic rings. The van der Waals surface area contributed by atoms with Gasteiger partial charge in [0.25, 0.3) is 0 Å². The zero-order valence-corrected chi connectivity index (χ0v) is 14.0. The first-order valence-corrected chi connectivity index (χ1v) is 8.49. The van der Waals surface area contributed by atoms with Gasteiger partial charge in [-0.2, -0.15) is 0 Å². The van der Waals surface area contributed by atoms with Crippen molar-refractivity contribution in [3.63, 3.8) is 0 Å². The summed E-state index contributed by atoms with van der Waals surface area (Å²) in [6.45, 7) is 7.65. The second-order valence-electron chi connectivity index (χ2n) is 6.94. The van der Waals surface area contributed by atoms with E-state index in [-0.39, 0.29) is 6.01 Å². The van der Waals surface area contributed by atoms with E-state index in [9.17, 15) is 0 Å². The molecule has 0 amide bonds. The fourth-order valence-corrected chi connectivity index (χ4v) is 3.26. The molecule has 0 spiro atoms. The van der Waals surface area contributed by atoms with Crippen LogP contribution in [-0.2, 0) is 13.0 Å². The molecule has 1 fully saturated rings. The van der Waals surface area contributed by atoms with E-state index in [0.29, 0.717) is 17.7 Å². The second kappa shape index (κ2) is 7.13. The lowest BCUT2D eigenvalue weighted by atomic mass is 9.96. The van der Waals surface area contributed by atoms with Gasteiger partial charge in [0.05, 0.1) is 0 Å².